The van der Waals surface area contributed by atoms with Gasteiger partial charge in [-0.25, -0.2) is 0 Å². The Labute approximate surface area is 108 Å². The molecule has 1 rings (SSSR count). The molecule has 0 amide bonds. The first-order valence-electron chi connectivity index (χ1n) is 5.33. The van der Waals surface area contributed by atoms with Crippen LogP contribution in [0.25, 0.3) is 0 Å². The van der Waals surface area contributed by atoms with E-state index in [4.69, 9.17) is 5.11 Å². The van der Waals surface area contributed by atoms with Gasteiger partial charge in [-0.1, -0.05) is 25.6 Å². The van der Waals surface area contributed by atoms with Gasteiger partial charge < -0.3 is 5.11 Å². The lowest BCUT2D eigenvalue weighted by molar-refractivity contribution is -0.388. The van der Waals surface area contributed by atoms with Crippen molar-refractivity contribution >= 4 is 23.4 Å². The molecule has 100 valence electrons. The van der Waals surface area contributed by atoms with Gasteiger partial charge in [0.1, 0.15) is 10.9 Å². The van der Waals surface area contributed by atoms with Crippen LogP contribution in [0.15, 0.2) is 5.03 Å². The zero-order valence-electron chi connectivity index (χ0n) is 10.6. The predicted octanol–water partition coefficient (Wildman–Crippen LogP) is 1.84. The number of aliphatic carboxylic acids is 1. The fraction of sp³-hybridized carbons (Fsp3) is 0.600. The molecule has 7 nitrogen and oxygen atoms in total. The zero-order valence-corrected chi connectivity index (χ0v) is 11.4. The van der Waals surface area contributed by atoms with Crippen molar-refractivity contribution in [2.24, 2.45) is 13.0 Å². The van der Waals surface area contributed by atoms with Crippen molar-refractivity contribution in [1.29, 1.82) is 0 Å². The largest absolute Gasteiger partial charge is 0.480 e. The molecule has 0 bridgehead atoms. The normalized spacial score (nSPS) is 12.7. The molecule has 0 saturated carbocycles. The van der Waals surface area contributed by atoms with Crippen molar-refractivity contribution in [3.05, 3.63) is 15.8 Å². The van der Waals surface area contributed by atoms with Crippen LogP contribution in [0.4, 0.5) is 5.69 Å². The summed E-state index contributed by atoms with van der Waals surface area (Å²) in [5, 5.41) is 23.6. The molecular formula is C10H15N3O4S. The van der Waals surface area contributed by atoms with E-state index in [0.717, 1.165) is 11.8 Å². The number of aryl methyl sites for hydroxylation is 2. The van der Waals surface area contributed by atoms with Crippen molar-refractivity contribution in [1.82, 2.24) is 9.78 Å². The summed E-state index contributed by atoms with van der Waals surface area (Å²) in [6, 6.07) is 0. The summed E-state index contributed by atoms with van der Waals surface area (Å²) in [5.74, 6) is -1.12. The molecule has 1 N–H and O–H groups in total. The topological polar surface area (TPSA) is 98.3 Å². The highest BCUT2D eigenvalue weighted by Crippen LogP contribution is 2.36. The zero-order chi connectivity index (χ0) is 14.0. The van der Waals surface area contributed by atoms with Crippen LogP contribution in [0.5, 0.6) is 0 Å². The lowest BCUT2D eigenvalue weighted by Gasteiger charge is -2.14. The highest BCUT2D eigenvalue weighted by Gasteiger charge is 2.31. The Hall–Kier alpha value is -1.57. The van der Waals surface area contributed by atoms with Crippen LogP contribution in [0.2, 0.25) is 0 Å². The second-order valence-corrected chi connectivity index (χ2v) is 5.37. The van der Waals surface area contributed by atoms with E-state index < -0.39 is 16.1 Å². The number of carboxylic acids is 1. The van der Waals surface area contributed by atoms with Gasteiger partial charge in [0.25, 0.3) is 0 Å². The minimum Gasteiger partial charge on any atom is -0.480 e. The smallest absolute Gasteiger partial charge is 0.323 e. The molecule has 0 spiro atoms. The number of hydrogen-bond acceptors (Lipinski definition) is 5. The Morgan fingerprint density at radius 1 is 1.56 bits per heavy atom. The highest BCUT2D eigenvalue weighted by atomic mass is 32.2. The monoisotopic (exact) mass is 273 g/mol. The maximum Gasteiger partial charge on any atom is 0.323 e. The summed E-state index contributed by atoms with van der Waals surface area (Å²) >= 11 is 0.967. The van der Waals surface area contributed by atoms with Gasteiger partial charge in [0.15, 0.2) is 5.03 Å². The summed E-state index contributed by atoms with van der Waals surface area (Å²) < 4.78 is 1.36. The van der Waals surface area contributed by atoms with Gasteiger partial charge in [0.05, 0.1) is 4.92 Å². The van der Waals surface area contributed by atoms with Gasteiger partial charge in [-0.05, 0) is 12.8 Å². The molecule has 0 fully saturated rings. The maximum atomic E-state index is 11.1. The van der Waals surface area contributed by atoms with Gasteiger partial charge in [0, 0.05) is 7.05 Å². The number of thioether (sulfide) groups is 1. The van der Waals surface area contributed by atoms with Crippen LogP contribution in [0, 0.1) is 23.0 Å². The van der Waals surface area contributed by atoms with E-state index in [1.54, 1.807) is 20.9 Å². The Morgan fingerprint density at radius 3 is 2.50 bits per heavy atom. The summed E-state index contributed by atoms with van der Waals surface area (Å²) in [6.45, 7) is 5.06. The third-order valence-corrected chi connectivity index (χ3v) is 4.09. The molecule has 8 heteroatoms. The van der Waals surface area contributed by atoms with Crippen molar-refractivity contribution < 1.29 is 14.8 Å². The van der Waals surface area contributed by atoms with Gasteiger partial charge in [-0.15, -0.1) is 0 Å². The van der Waals surface area contributed by atoms with Gasteiger partial charge in [0.2, 0.25) is 0 Å². The number of nitrogens with zero attached hydrogens (tertiary/aromatic N) is 3. The van der Waals surface area contributed by atoms with Crippen molar-refractivity contribution in [2.75, 3.05) is 0 Å². The Kier molecular flexibility index (Phi) is 4.33. The molecule has 0 aliphatic heterocycles. The minimum absolute atomic E-state index is 0.116. The molecule has 1 heterocycles. The number of carboxylic acid groups (broad SMARTS) is 1. The highest BCUT2D eigenvalue weighted by molar-refractivity contribution is 8.00. The van der Waals surface area contributed by atoms with Crippen LogP contribution in [-0.2, 0) is 11.8 Å². The Morgan fingerprint density at radius 2 is 2.11 bits per heavy atom. The first-order valence-corrected chi connectivity index (χ1v) is 6.21. The lowest BCUT2D eigenvalue weighted by atomic mass is 10.1. The average Bonchev–Trinajstić information content (AvgIpc) is 2.48. The molecule has 1 aromatic heterocycles. The number of hydrogen-bond donors (Lipinski definition) is 1. The predicted molar refractivity (Wildman–Crippen MR) is 66.7 cm³/mol. The lowest BCUT2D eigenvalue weighted by Crippen LogP contribution is -2.23. The number of carbonyl (C=O) groups is 1. The van der Waals surface area contributed by atoms with E-state index in [1.165, 1.54) is 11.6 Å². The first kappa shape index (κ1) is 14.5. The number of aromatic nitrogens is 2. The first-order chi connectivity index (χ1) is 8.25. The van der Waals surface area contributed by atoms with Crippen molar-refractivity contribution in [2.45, 2.75) is 31.0 Å². The van der Waals surface area contributed by atoms with Crippen LogP contribution >= 0.6 is 11.8 Å². The maximum absolute atomic E-state index is 11.1. The third kappa shape index (κ3) is 2.81. The average molecular weight is 273 g/mol. The van der Waals surface area contributed by atoms with E-state index in [-0.39, 0.29) is 22.3 Å². The fourth-order valence-corrected chi connectivity index (χ4v) is 2.70. The molecule has 1 aromatic rings. The summed E-state index contributed by atoms with van der Waals surface area (Å²) in [6.07, 6.45) is 0. The standard InChI is InChI=1S/C10H15N3O4S/c1-5(2)8(10(14)15)18-9-7(13(16)17)6(3)11-12(9)4/h5,8H,1-4H3,(H,14,15). The van der Waals surface area contributed by atoms with Crippen molar-refractivity contribution in [3.63, 3.8) is 0 Å². The molecule has 0 aliphatic carbocycles. The van der Waals surface area contributed by atoms with Gasteiger partial charge in [-0.2, -0.15) is 5.10 Å². The molecule has 0 aromatic carbocycles. The molecule has 0 radical (unpaired) electrons. The second-order valence-electron chi connectivity index (χ2n) is 4.24. The fourth-order valence-electron chi connectivity index (χ4n) is 1.56. The van der Waals surface area contributed by atoms with Crippen molar-refractivity contribution in [3.8, 4) is 0 Å². The second kappa shape index (κ2) is 5.38. The summed E-state index contributed by atoms with van der Waals surface area (Å²) in [5.41, 5.74) is 0.173. The van der Waals surface area contributed by atoms with Crippen LogP contribution in [0.1, 0.15) is 19.5 Å². The van der Waals surface area contributed by atoms with Gasteiger partial charge >= 0.3 is 11.7 Å². The van der Waals surface area contributed by atoms with Crippen LogP contribution in [0.3, 0.4) is 0 Å². The SMILES string of the molecule is Cc1nn(C)c(SC(C(=O)O)C(C)C)c1[N+](=O)[O-]. The van der Waals surface area contributed by atoms with Crippen LogP contribution in [-0.4, -0.2) is 31.0 Å². The summed E-state index contributed by atoms with van der Waals surface area (Å²) in [4.78, 5) is 21.6. The quantitative estimate of drug-likeness (QED) is 0.499. The molecule has 1 unspecified atom stereocenters. The molecular weight excluding hydrogens is 258 g/mol. The van der Waals surface area contributed by atoms with Gasteiger partial charge in [-0.3, -0.25) is 19.6 Å². The van der Waals surface area contributed by atoms with Crippen LogP contribution < -0.4 is 0 Å². The molecule has 18 heavy (non-hydrogen) atoms. The molecule has 0 saturated heterocycles. The number of rotatable bonds is 5. The molecule has 1 atom stereocenters. The van der Waals surface area contributed by atoms with E-state index in [2.05, 4.69) is 5.10 Å². The van der Waals surface area contributed by atoms with E-state index in [1.807, 2.05) is 0 Å². The Bertz CT molecular complexity index is 484. The number of nitro groups is 1. The Balaban J connectivity index is 3.17. The third-order valence-electron chi connectivity index (χ3n) is 2.41. The minimum atomic E-state index is -0.983. The summed E-state index contributed by atoms with van der Waals surface area (Å²) in [7, 11) is 1.57. The van der Waals surface area contributed by atoms with E-state index in [9.17, 15) is 14.9 Å². The molecule has 0 aliphatic rings. The van der Waals surface area contributed by atoms with E-state index >= 15 is 0 Å². The van der Waals surface area contributed by atoms with E-state index in [0.29, 0.717) is 0 Å².